The molecule has 0 spiro atoms. The quantitative estimate of drug-likeness (QED) is 0.0987. The zero-order valence-electron chi connectivity index (χ0n) is 21.0. The van der Waals surface area contributed by atoms with Gasteiger partial charge in [-0.1, -0.05) is 100 Å². The van der Waals surface area contributed by atoms with Crippen LogP contribution >= 0.6 is 69.8 Å². The number of carboxylic acid groups (broad SMARTS) is 1. The van der Waals surface area contributed by atoms with E-state index in [2.05, 4.69) is 10.6 Å². The van der Waals surface area contributed by atoms with Gasteiger partial charge in [-0.05, 0) is 48.4 Å². The molecule has 3 N–H and O–H groups in total. The Morgan fingerprint density at radius 3 is 2.05 bits per heavy atom. The lowest BCUT2D eigenvalue weighted by Crippen LogP contribution is -2.20. The number of carbonyl (C=O) groups is 3. The summed E-state index contributed by atoms with van der Waals surface area (Å²) in [5.41, 5.74) is 1.39. The van der Waals surface area contributed by atoms with Crippen LogP contribution < -0.4 is 10.6 Å². The zero-order chi connectivity index (χ0) is 29.8. The van der Waals surface area contributed by atoms with Gasteiger partial charge in [0.15, 0.2) is 0 Å². The number of hydrogen-bond donors (Lipinski definition) is 3. The van der Waals surface area contributed by atoms with E-state index in [-0.39, 0.29) is 21.0 Å². The molecule has 6 nitrogen and oxygen atoms in total. The van der Waals surface area contributed by atoms with Crippen molar-refractivity contribution in [3.63, 3.8) is 0 Å². The van der Waals surface area contributed by atoms with E-state index in [1.54, 1.807) is 42.5 Å². The smallest absolute Gasteiger partial charge is 0.338 e. The third kappa shape index (κ3) is 6.95. The fourth-order valence-electron chi connectivity index (χ4n) is 3.86. The average Bonchev–Trinajstić information content (AvgIpc) is 2.95. The summed E-state index contributed by atoms with van der Waals surface area (Å²) in [7, 11) is 0. The second-order valence-corrected chi connectivity index (χ2v) is 11.7. The molecule has 1 atom stereocenters. The first-order valence-corrected chi connectivity index (χ1v) is 14.5. The molecule has 4 aromatic rings. The Labute approximate surface area is 264 Å². The zero-order valence-corrected chi connectivity index (χ0v) is 25.6. The van der Waals surface area contributed by atoms with Crippen LogP contribution in [0.1, 0.15) is 37.1 Å². The molecular weight excluding hydrogens is 650 g/mol. The number of aromatic carboxylic acids is 1. The Kier molecular flexibility index (Phi) is 10.1. The first kappa shape index (κ1) is 31.0. The molecule has 4 rings (SSSR count). The minimum atomic E-state index is -1.50. The molecule has 0 aromatic heterocycles. The van der Waals surface area contributed by atoms with Crippen LogP contribution in [0.25, 0.3) is 0 Å². The number of benzene rings is 4. The molecule has 0 heterocycles. The number of amides is 2. The van der Waals surface area contributed by atoms with Crippen molar-refractivity contribution in [1.29, 1.82) is 0 Å². The standard InChI is InChI=1S/C29H19Cl5N2O4S/c1-14-18(30)11-6-12-19(14)36-28(38)26(15-7-3-2-4-8-15)41-17-10-5-9-16(13-17)35-27(37)20-21(29(39)40)23(32)25(34)24(33)22(20)31/h2-13,26H,1H3,(H,35,37)(H,36,38)(H,39,40). The normalized spacial score (nSPS) is 11.6. The summed E-state index contributed by atoms with van der Waals surface area (Å²) in [6.45, 7) is 1.82. The summed E-state index contributed by atoms with van der Waals surface area (Å²) in [5, 5.41) is 13.8. The number of carboxylic acids is 1. The van der Waals surface area contributed by atoms with Crippen molar-refractivity contribution in [2.75, 3.05) is 10.6 Å². The van der Waals surface area contributed by atoms with Crippen LogP contribution in [-0.2, 0) is 4.79 Å². The van der Waals surface area contributed by atoms with Gasteiger partial charge in [0.1, 0.15) is 5.25 Å². The van der Waals surface area contributed by atoms with E-state index in [9.17, 15) is 19.5 Å². The summed E-state index contributed by atoms with van der Waals surface area (Å²) in [6.07, 6.45) is 0. The molecule has 0 saturated heterocycles. The van der Waals surface area contributed by atoms with Crippen molar-refractivity contribution in [2.45, 2.75) is 17.1 Å². The monoisotopic (exact) mass is 666 g/mol. The average molecular weight is 669 g/mol. The molecule has 1 unspecified atom stereocenters. The van der Waals surface area contributed by atoms with E-state index in [4.69, 9.17) is 58.0 Å². The van der Waals surface area contributed by atoms with E-state index in [0.717, 1.165) is 11.1 Å². The minimum absolute atomic E-state index is 0.246. The van der Waals surface area contributed by atoms with Gasteiger partial charge in [-0.25, -0.2) is 4.79 Å². The summed E-state index contributed by atoms with van der Waals surface area (Å²) in [4.78, 5) is 39.2. The summed E-state index contributed by atoms with van der Waals surface area (Å²) in [5.74, 6) is -2.63. The maximum absolute atomic E-state index is 13.5. The summed E-state index contributed by atoms with van der Waals surface area (Å²) < 4.78 is 0. The topological polar surface area (TPSA) is 95.5 Å². The predicted octanol–water partition coefficient (Wildman–Crippen LogP) is 9.68. The number of halogens is 5. The molecule has 0 aliphatic heterocycles. The second-order valence-electron chi connectivity index (χ2n) is 8.60. The van der Waals surface area contributed by atoms with E-state index in [1.165, 1.54) is 11.8 Å². The minimum Gasteiger partial charge on any atom is -0.478 e. The van der Waals surface area contributed by atoms with Crippen LogP contribution in [0.2, 0.25) is 25.1 Å². The maximum atomic E-state index is 13.5. The molecule has 41 heavy (non-hydrogen) atoms. The SMILES string of the molecule is Cc1c(Cl)cccc1NC(=O)C(Sc1cccc(NC(=O)c2c(Cl)c(Cl)c(Cl)c(Cl)c2C(=O)O)c1)c1ccccc1. The molecule has 0 bridgehead atoms. The molecule has 210 valence electrons. The molecule has 0 saturated carbocycles. The molecular formula is C29H19Cl5N2O4S. The highest BCUT2D eigenvalue weighted by atomic mass is 35.5. The van der Waals surface area contributed by atoms with E-state index in [0.29, 0.717) is 21.3 Å². The van der Waals surface area contributed by atoms with Gasteiger partial charge in [0.05, 0.1) is 31.2 Å². The van der Waals surface area contributed by atoms with Crippen molar-refractivity contribution >= 4 is 98.9 Å². The van der Waals surface area contributed by atoms with Gasteiger partial charge in [0.25, 0.3) is 5.91 Å². The van der Waals surface area contributed by atoms with Gasteiger partial charge in [0, 0.05) is 21.3 Å². The summed E-state index contributed by atoms with van der Waals surface area (Å²) >= 11 is 31.9. The van der Waals surface area contributed by atoms with Gasteiger partial charge >= 0.3 is 5.97 Å². The molecule has 0 radical (unpaired) electrons. The van der Waals surface area contributed by atoms with Gasteiger partial charge in [0.2, 0.25) is 5.91 Å². The highest BCUT2D eigenvalue weighted by Crippen LogP contribution is 2.42. The van der Waals surface area contributed by atoms with Crippen molar-refractivity contribution < 1.29 is 19.5 Å². The van der Waals surface area contributed by atoms with Gasteiger partial charge in [-0.15, -0.1) is 11.8 Å². The van der Waals surface area contributed by atoms with Gasteiger partial charge in [-0.2, -0.15) is 0 Å². The van der Waals surface area contributed by atoms with Crippen LogP contribution in [0.5, 0.6) is 0 Å². The van der Waals surface area contributed by atoms with Gasteiger partial charge < -0.3 is 15.7 Å². The van der Waals surface area contributed by atoms with Crippen LogP contribution in [0, 0.1) is 6.92 Å². The second kappa shape index (κ2) is 13.4. The fraction of sp³-hybridized carbons (Fsp3) is 0.0690. The first-order valence-electron chi connectivity index (χ1n) is 11.8. The fourth-order valence-corrected chi connectivity index (χ4v) is 6.14. The molecule has 0 aliphatic carbocycles. The molecule has 2 amide bonds. The molecule has 4 aromatic carbocycles. The van der Waals surface area contributed by atoms with Crippen LogP contribution in [-0.4, -0.2) is 22.9 Å². The van der Waals surface area contributed by atoms with Crippen molar-refractivity contribution in [3.8, 4) is 0 Å². The number of anilines is 2. The van der Waals surface area contributed by atoms with E-state index < -0.39 is 33.3 Å². The Morgan fingerprint density at radius 1 is 0.756 bits per heavy atom. The lowest BCUT2D eigenvalue weighted by atomic mass is 10.1. The highest BCUT2D eigenvalue weighted by molar-refractivity contribution is 8.00. The Morgan fingerprint density at radius 2 is 1.39 bits per heavy atom. The third-order valence-electron chi connectivity index (χ3n) is 5.92. The number of thioether (sulfide) groups is 1. The van der Waals surface area contributed by atoms with E-state index >= 15 is 0 Å². The lowest BCUT2D eigenvalue weighted by molar-refractivity contribution is -0.115. The van der Waals surface area contributed by atoms with Crippen LogP contribution in [0.3, 0.4) is 0 Å². The molecule has 0 fully saturated rings. The first-order chi connectivity index (χ1) is 19.5. The maximum Gasteiger partial charge on any atom is 0.338 e. The van der Waals surface area contributed by atoms with Crippen molar-refractivity contribution in [3.05, 3.63) is 120 Å². The number of nitrogens with one attached hydrogen (secondary N) is 2. The van der Waals surface area contributed by atoms with Gasteiger partial charge in [-0.3, -0.25) is 9.59 Å². The largest absolute Gasteiger partial charge is 0.478 e. The Hall–Kier alpha value is -2.91. The van der Waals surface area contributed by atoms with Crippen LogP contribution in [0.15, 0.2) is 77.7 Å². The molecule has 12 heteroatoms. The summed E-state index contributed by atoms with van der Waals surface area (Å²) in [6, 6.07) is 21.2. The number of rotatable bonds is 8. The van der Waals surface area contributed by atoms with Crippen molar-refractivity contribution in [2.24, 2.45) is 0 Å². The van der Waals surface area contributed by atoms with E-state index in [1.807, 2.05) is 37.3 Å². The lowest BCUT2D eigenvalue weighted by Gasteiger charge is -2.19. The third-order valence-corrected chi connectivity index (χ3v) is 9.38. The number of carbonyl (C=O) groups excluding carboxylic acids is 2. The predicted molar refractivity (Wildman–Crippen MR) is 168 cm³/mol. The highest BCUT2D eigenvalue weighted by Gasteiger charge is 2.29. The van der Waals surface area contributed by atoms with Crippen molar-refractivity contribution in [1.82, 2.24) is 0 Å². The Balaban J connectivity index is 1.63. The molecule has 0 aliphatic rings. The Bertz CT molecular complexity index is 1670. The van der Waals surface area contributed by atoms with Crippen LogP contribution in [0.4, 0.5) is 11.4 Å². The number of hydrogen-bond acceptors (Lipinski definition) is 4.